The van der Waals surface area contributed by atoms with Gasteiger partial charge in [-0.15, -0.1) is 0 Å². The molecule has 5 rings (SSSR count). The number of carbonyl (C=O) groups excluding carboxylic acids is 2. The molecular formula is C26H29N7O3. The molecule has 10 heteroatoms. The fourth-order valence-electron chi connectivity index (χ4n) is 4.81. The van der Waals surface area contributed by atoms with Gasteiger partial charge in [0.1, 0.15) is 11.9 Å². The van der Waals surface area contributed by atoms with E-state index in [9.17, 15) is 9.59 Å². The van der Waals surface area contributed by atoms with Crippen molar-refractivity contribution >= 4 is 23.2 Å². The zero-order valence-corrected chi connectivity index (χ0v) is 20.6. The molecule has 10 nitrogen and oxygen atoms in total. The number of nitrogens with zero attached hydrogens (tertiary/aromatic N) is 6. The molecule has 1 atom stereocenters. The van der Waals surface area contributed by atoms with E-state index in [1.54, 1.807) is 24.0 Å². The van der Waals surface area contributed by atoms with E-state index in [1.165, 1.54) is 18.5 Å². The summed E-state index contributed by atoms with van der Waals surface area (Å²) in [6.45, 7) is 4.38. The number of fused-ring (bicyclic) bond motifs is 1. The SMILES string of the molecule is CO[C@H](C)C(=O)N1CCC(c2nc3c(-c4cnn(-c5ccccc5)c4)cnn3c(N)c2C(C)=O)CC1. The van der Waals surface area contributed by atoms with Crippen LogP contribution in [-0.2, 0) is 9.53 Å². The van der Waals surface area contributed by atoms with Gasteiger partial charge in [-0.05, 0) is 38.8 Å². The maximum atomic E-state index is 12.7. The number of benzene rings is 1. The first-order valence-corrected chi connectivity index (χ1v) is 12.0. The summed E-state index contributed by atoms with van der Waals surface area (Å²) in [5, 5.41) is 8.94. The number of ketones is 1. The van der Waals surface area contributed by atoms with Gasteiger partial charge in [-0.1, -0.05) is 18.2 Å². The molecule has 1 aliphatic rings. The second kappa shape index (κ2) is 9.54. The lowest BCUT2D eigenvalue weighted by atomic mass is 9.89. The van der Waals surface area contributed by atoms with Crippen molar-refractivity contribution in [2.24, 2.45) is 0 Å². The van der Waals surface area contributed by atoms with Crippen molar-refractivity contribution < 1.29 is 14.3 Å². The Bertz CT molecular complexity index is 1420. The van der Waals surface area contributed by atoms with Crippen molar-refractivity contribution in [3.8, 4) is 16.8 Å². The first kappa shape index (κ1) is 23.7. The van der Waals surface area contributed by atoms with E-state index in [-0.39, 0.29) is 23.4 Å². The maximum absolute atomic E-state index is 12.7. The van der Waals surface area contributed by atoms with E-state index in [0.29, 0.717) is 42.8 Å². The molecule has 0 saturated carbocycles. The molecule has 4 aromatic rings. The Morgan fingerprint density at radius 3 is 2.50 bits per heavy atom. The molecule has 2 N–H and O–H groups in total. The van der Waals surface area contributed by atoms with Crippen LogP contribution in [0.1, 0.15) is 48.7 Å². The van der Waals surface area contributed by atoms with Gasteiger partial charge in [-0.3, -0.25) is 9.59 Å². The zero-order valence-electron chi connectivity index (χ0n) is 20.6. The van der Waals surface area contributed by atoms with Gasteiger partial charge in [0.25, 0.3) is 5.91 Å². The van der Waals surface area contributed by atoms with E-state index in [4.69, 9.17) is 15.5 Å². The van der Waals surface area contributed by atoms with Crippen LogP contribution >= 0.6 is 0 Å². The van der Waals surface area contributed by atoms with Crippen molar-refractivity contribution in [1.29, 1.82) is 0 Å². The summed E-state index contributed by atoms with van der Waals surface area (Å²) < 4.78 is 8.50. The first-order valence-electron chi connectivity index (χ1n) is 12.0. The second-order valence-corrected chi connectivity index (χ2v) is 9.09. The van der Waals surface area contributed by atoms with Crippen LogP contribution < -0.4 is 5.73 Å². The van der Waals surface area contributed by atoms with Crippen molar-refractivity contribution in [3.63, 3.8) is 0 Å². The van der Waals surface area contributed by atoms with E-state index in [0.717, 1.165) is 16.8 Å². The van der Waals surface area contributed by atoms with Crippen LogP contribution in [0.5, 0.6) is 0 Å². The lowest BCUT2D eigenvalue weighted by molar-refractivity contribution is -0.142. The van der Waals surface area contributed by atoms with Gasteiger partial charge in [0, 0.05) is 43.4 Å². The zero-order chi connectivity index (χ0) is 25.4. The number of nitrogens with two attached hydrogens (primary N) is 1. The van der Waals surface area contributed by atoms with Gasteiger partial charge >= 0.3 is 0 Å². The normalized spacial score (nSPS) is 15.4. The van der Waals surface area contributed by atoms with Crippen LogP contribution in [0.3, 0.4) is 0 Å². The molecule has 36 heavy (non-hydrogen) atoms. The van der Waals surface area contributed by atoms with E-state index in [2.05, 4.69) is 10.2 Å². The average molecular weight is 488 g/mol. The Kier molecular flexibility index (Phi) is 6.27. The number of hydrogen-bond donors (Lipinski definition) is 1. The molecule has 0 radical (unpaired) electrons. The molecule has 1 saturated heterocycles. The van der Waals surface area contributed by atoms with Gasteiger partial charge in [0.05, 0.1) is 29.3 Å². The number of carbonyl (C=O) groups is 2. The van der Waals surface area contributed by atoms with Gasteiger partial charge in [-0.2, -0.15) is 14.7 Å². The molecule has 4 heterocycles. The minimum atomic E-state index is -0.481. The van der Waals surface area contributed by atoms with Gasteiger partial charge in [0.15, 0.2) is 11.4 Å². The highest BCUT2D eigenvalue weighted by atomic mass is 16.5. The Balaban J connectivity index is 1.51. The van der Waals surface area contributed by atoms with Crippen molar-refractivity contribution in [1.82, 2.24) is 29.3 Å². The van der Waals surface area contributed by atoms with E-state index in [1.807, 2.05) is 41.4 Å². The van der Waals surface area contributed by atoms with Crippen LogP contribution in [0, 0.1) is 0 Å². The third kappa shape index (κ3) is 4.13. The maximum Gasteiger partial charge on any atom is 0.251 e. The van der Waals surface area contributed by atoms with Crippen LogP contribution in [0.2, 0.25) is 0 Å². The molecule has 1 fully saturated rings. The van der Waals surface area contributed by atoms with Gasteiger partial charge in [0.2, 0.25) is 0 Å². The summed E-state index contributed by atoms with van der Waals surface area (Å²) in [5.74, 6) is 0.0835. The topological polar surface area (TPSA) is 121 Å². The highest BCUT2D eigenvalue weighted by Gasteiger charge is 2.31. The third-order valence-corrected chi connectivity index (χ3v) is 6.87. The summed E-state index contributed by atoms with van der Waals surface area (Å²) in [6, 6.07) is 9.82. The van der Waals surface area contributed by atoms with Crippen LogP contribution in [-0.4, -0.2) is 67.3 Å². The van der Waals surface area contributed by atoms with Crippen molar-refractivity contribution in [3.05, 3.63) is 60.2 Å². The van der Waals surface area contributed by atoms with Gasteiger partial charge < -0.3 is 15.4 Å². The first-order chi connectivity index (χ1) is 17.4. The monoisotopic (exact) mass is 487 g/mol. The number of likely N-dealkylation sites (tertiary alicyclic amines) is 1. The number of piperidine rings is 1. The third-order valence-electron chi connectivity index (χ3n) is 6.87. The van der Waals surface area contributed by atoms with Crippen LogP contribution in [0.15, 0.2) is 48.9 Å². The molecule has 186 valence electrons. The highest BCUT2D eigenvalue weighted by Crippen LogP contribution is 2.35. The summed E-state index contributed by atoms with van der Waals surface area (Å²) in [4.78, 5) is 32.0. The number of hydrogen-bond acceptors (Lipinski definition) is 7. The molecule has 1 aromatic carbocycles. The quantitative estimate of drug-likeness (QED) is 0.415. The predicted molar refractivity (Wildman–Crippen MR) is 135 cm³/mol. The van der Waals surface area contributed by atoms with Crippen molar-refractivity contribution in [2.45, 2.75) is 38.7 Å². The van der Waals surface area contributed by atoms with Crippen LogP contribution in [0.4, 0.5) is 5.82 Å². The number of amides is 1. The number of methoxy groups -OCH3 is 1. The fourth-order valence-corrected chi connectivity index (χ4v) is 4.81. The minimum Gasteiger partial charge on any atom is -0.383 e. The standard InChI is InChI=1S/C26H29N7O3/c1-16(34)22-23(18-9-11-31(12-10-18)26(35)17(2)36-3)30-25-21(14-29-33(25)24(22)27)19-13-28-32(15-19)20-7-5-4-6-8-20/h4-8,13-15,17-18H,9-12,27H2,1-3H3/t17-/m1/s1. The molecule has 1 amide bonds. The molecule has 0 bridgehead atoms. The summed E-state index contributed by atoms with van der Waals surface area (Å²) in [5.41, 5.74) is 10.7. The number of para-hydroxylation sites is 1. The highest BCUT2D eigenvalue weighted by molar-refractivity contribution is 6.00. The number of nitrogen functional groups attached to an aromatic ring is 1. The molecule has 0 unspecified atom stereocenters. The smallest absolute Gasteiger partial charge is 0.251 e. The summed E-state index contributed by atoms with van der Waals surface area (Å²) in [6.07, 6.45) is 6.27. The van der Waals surface area contributed by atoms with Gasteiger partial charge in [-0.25, -0.2) is 9.67 Å². The Morgan fingerprint density at radius 2 is 1.83 bits per heavy atom. The number of Topliss-reactive ketones (excluding diaryl/α,β-unsaturated/α-hetero) is 1. The van der Waals surface area contributed by atoms with E-state index >= 15 is 0 Å². The number of anilines is 1. The molecule has 0 spiro atoms. The molecule has 0 aliphatic carbocycles. The van der Waals surface area contributed by atoms with Crippen molar-refractivity contribution in [2.75, 3.05) is 25.9 Å². The minimum absolute atomic E-state index is 0.00658. The predicted octanol–water partition coefficient (Wildman–Crippen LogP) is 3.11. The average Bonchev–Trinajstić information content (AvgIpc) is 3.55. The number of ether oxygens (including phenoxy) is 1. The number of aromatic nitrogens is 5. The lowest BCUT2D eigenvalue weighted by Crippen LogP contribution is -2.43. The largest absolute Gasteiger partial charge is 0.383 e. The molecule has 1 aliphatic heterocycles. The van der Waals surface area contributed by atoms with Crippen LogP contribution in [0.25, 0.3) is 22.5 Å². The summed E-state index contributed by atoms with van der Waals surface area (Å²) >= 11 is 0. The van der Waals surface area contributed by atoms with E-state index < -0.39 is 6.10 Å². The fraction of sp³-hybridized carbons (Fsp3) is 0.346. The molecule has 3 aromatic heterocycles. The Morgan fingerprint density at radius 1 is 1.11 bits per heavy atom. The Labute approximate surface area is 208 Å². The summed E-state index contributed by atoms with van der Waals surface area (Å²) in [7, 11) is 1.53. The lowest BCUT2D eigenvalue weighted by Gasteiger charge is -2.33. The number of rotatable bonds is 6. The Hall–Kier alpha value is -4.05. The second-order valence-electron chi connectivity index (χ2n) is 9.09. The molecular weight excluding hydrogens is 458 g/mol.